The normalized spacial score (nSPS) is 10.9. The van der Waals surface area contributed by atoms with Crippen LogP contribution in [0.25, 0.3) is 22.0 Å². The first kappa shape index (κ1) is 20.0. The molecule has 0 fully saturated rings. The summed E-state index contributed by atoms with van der Waals surface area (Å²) in [6.07, 6.45) is 0. The minimum Gasteiger partial charge on any atom is -0.497 e. The molecule has 2 aromatic heterocycles. The Kier molecular flexibility index (Phi) is 5.77. The van der Waals surface area contributed by atoms with Gasteiger partial charge in [-0.3, -0.25) is 0 Å². The first-order valence-corrected chi connectivity index (χ1v) is 10.4. The molecular formula is C24H21NO4S. The van der Waals surface area contributed by atoms with E-state index in [0.717, 1.165) is 32.8 Å². The Balaban J connectivity index is 1.69. The molecule has 0 saturated carbocycles. The number of fused-ring (bicyclic) bond motifs is 1. The Morgan fingerprint density at radius 2 is 1.87 bits per heavy atom. The molecule has 0 amide bonds. The summed E-state index contributed by atoms with van der Waals surface area (Å²) in [5.41, 5.74) is 3.55. The third-order valence-electron chi connectivity index (χ3n) is 4.81. The molecule has 30 heavy (non-hydrogen) atoms. The standard InChI is InChI=1S/C24H21NO4S/c1-15-20(24(26)28-3)11-18(29-15)14-30-23-13-21(16-7-5-4-6-8-16)19-10-9-17(27-2)12-22(19)25-23/h4-13H,14H2,1-3H3. The fraction of sp³-hybridized carbons (Fsp3) is 0.167. The number of rotatable bonds is 6. The predicted molar refractivity (Wildman–Crippen MR) is 118 cm³/mol. The molecule has 0 N–H and O–H groups in total. The van der Waals surface area contributed by atoms with E-state index in [2.05, 4.69) is 18.2 Å². The molecule has 152 valence electrons. The van der Waals surface area contributed by atoms with Crippen LogP contribution in [0.2, 0.25) is 0 Å². The van der Waals surface area contributed by atoms with Gasteiger partial charge in [0.05, 0.1) is 30.5 Å². The van der Waals surface area contributed by atoms with E-state index in [-0.39, 0.29) is 0 Å². The lowest BCUT2D eigenvalue weighted by molar-refractivity contribution is 0.0599. The van der Waals surface area contributed by atoms with Crippen LogP contribution in [0.1, 0.15) is 21.9 Å². The van der Waals surface area contributed by atoms with Crippen molar-refractivity contribution in [2.24, 2.45) is 0 Å². The van der Waals surface area contributed by atoms with E-state index in [9.17, 15) is 4.79 Å². The van der Waals surface area contributed by atoms with Gasteiger partial charge >= 0.3 is 5.97 Å². The van der Waals surface area contributed by atoms with Crippen molar-refractivity contribution in [2.75, 3.05) is 14.2 Å². The summed E-state index contributed by atoms with van der Waals surface area (Å²) in [7, 11) is 3.01. The second-order valence-corrected chi connectivity index (χ2v) is 7.72. The van der Waals surface area contributed by atoms with Crippen LogP contribution in [-0.2, 0) is 10.5 Å². The molecule has 4 aromatic rings. The maximum Gasteiger partial charge on any atom is 0.341 e. The van der Waals surface area contributed by atoms with E-state index in [1.807, 2.05) is 36.4 Å². The monoisotopic (exact) mass is 419 g/mol. The molecule has 0 aliphatic heterocycles. The third kappa shape index (κ3) is 4.04. The highest BCUT2D eigenvalue weighted by molar-refractivity contribution is 7.98. The number of carbonyl (C=O) groups excluding carboxylic acids is 1. The molecule has 0 radical (unpaired) electrons. The van der Waals surface area contributed by atoms with Crippen LogP contribution in [-0.4, -0.2) is 25.2 Å². The van der Waals surface area contributed by atoms with E-state index < -0.39 is 5.97 Å². The molecule has 0 bridgehead atoms. The van der Waals surface area contributed by atoms with Crippen molar-refractivity contribution < 1.29 is 18.7 Å². The van der Waals surface area contributed by atoms with Crippen molar-refractivity contribution >= 4 is 28.6 Å². The highest BCUT2D eigenvalue weighted by atomic mass is 32.2. The minimum atomic E-state index is -0.394. The number of nitrogens with zero attached hydrogens (tertiary/aromatic N) is 1. The van der Waals surface area contributed by atoms with Crippen LogP contribution < -0.4 is 4.74 Å². The number of ether oxygens (including phenoxy) is 2. The second kappa shape index (κ2) is 8.63. The molecule has 0 aliphatic carbocycles. The van der Waals surface area contributed by atoms with Gasteiger partial charge in [0, 0.05) is 11.5 Å². The molecule has 0 unspecified atom stereocenters. The van der Waals surface area contributed by atoms with Gasteiger partial charge in [0.2, 0.25) is 0 Å². The lowest BCUT2D eigenvalue weighted by atomic mass is 10.0. The van der Waals surface area contributed by atoms with Gasteiger partial charge in [-0.1, -0.05) is 42.1 Å². The summed E-state index contributed by atoms with van der Waals surface area (Å²) < 4.78 is 15.9. The maximum atomic E-state index is 11.8. The van der Waals surface area contributed by atoms with Gasteiger partial charge < -0.3 is 13.9 Å². The minimum absolute atomic E-state index is 0.394. The van der Waals surface area contributed by atoms with Gasteiger partial charge in [-0.2, -0.15) is 0 Å². The Morgan fingerprint density at radius 3 is 2.60 bits per heavy atom. The van der Waals surface area contributed by atoms with Gasteiger partial charge in [-0.25, -0.2) is 9.78 Å². The predicted octanol–water partition coefficient (Wildman–Crippen LogP) is 5.89. The number of hydrogen-bond donors (Lipinski definition) is 0. The molecule has 4 rings (SSSR count). The van der Waals surface area contributed by atoms with Crippen LogP contribution in [0, 0.1) is 6.92 Å². The molecule has 0 spiro atoms. The summed E-state index contributed by atoms with van der Waals surface area (Å²) in [6, 6.07) is 20.0. The molecule has 6 heteroatoms. The van der Waals surface area contributed by atoms with Gasteiger partial charge in [0.1, 0.15) is 22.8 Å². The fourth-order valence-corrected chi connectivity index (χ4v) is 4.11. The zero-order valence-electron chi connectivity index (χ0n) is 17.0. The average molecular weight is 420 g/mol. The molecule has 0 atom stereocenters. The van der Waals surface area contributed by atoms with Crippen molar-refractivity contribution in [2.45, 2.75) is 17.7 Å². The highest BCUT2D eigenvalue weighted by Crippen LogP contribution is 2.34. The Hall–Kier alpha value is -3.25. The van der Waals surface area contributed by atoms with Gasteiger partial charge in [-0.05, 0) is 42.3 Å². The Bertz CT molecular complexity index is 1200. The first-order valence-electron chi connectivity index (χ1n) is 9.43. The highest BCUT2D eigenvalue weighted by Gasteiger charge is 2.16. The molecule has 5 nitrogen and oxygen atoms in total. The average Bonchev–Trinajstić information content (AvgIpc) is 3.17. The SMILES string of the molecule is COC(=O)c1cc(CSc2cc(-c3ccccc3)c3ccc(OC)cc3n2)oc1C. The lowest BCUT2D eigenvalue weighted by Gasteiger charge is -2.11. The van der Waals surface area contributed by atoms with Crippen LogP contribution in [0.15, 0.2) is 70.1 Å². The first-order chi connectivity index (χ1) is 14.6. The third-order valence-corrected chi connectivity index (χ3v) is 5.75. The number of pyridine rings is 1. The van der Waals surface area contributed by atoms with E-state index in [1.54, 1.807) is 31.9 Å². The van der Waals surface area contributed by atoms with E-state index in [0.29, 0.717) is 22.8 Å². The van der Waals surface area contributed by atoms with E-state index in [4.69, 9.17) is 18.9 Å². The Morgan fingerprint density at radius 1 is 1.07 bits per heavy atom. The fourth-order valence-electron chi connectivity index (χ4n) is 3.31. The van der Waals surface area contributed by atoms with Gasteiger partial charge in [-0.15, -0.1) is 0 Å². The number of hydrogen-bond acceptors (Lipinski definition) is 6. The number of furan rings is 1. The summed E-state index contributed by atoms with van der Waals surface area (Å²) in [5, 5.41) is 1.93. The quantitative estimate of drug-likeness (QED) is 0.287. The lowest BCUT2D eigenvalue weighted by Crippen LogP contribution is -2.00. The molecule has 0 saturated heterocycles. The van der Waals surface area contributed by atoms with Crippen LogP contribution in [0.3, 0.4) is 0 Å². The summed E-state index contributed by atoms with van der Waals surface area (Å²) in [6.45, 7) is 1.76. The van der Waals surface area contributed by atoms with Crippen molar-refractivity contribution in [3.8, 4) is 16.9 Å². The number of benzene rings is 2. The maximum absolute atomic E-state index is 11.8. The number of methoxy groups -OCH3 is 2. The smallest absolute Gasteiger partial charge is 0.341 e. The van der Waals surface area contributed by atoms with Crippen LogP contribution >= 0.6 is 11.8 Å². The zero-order chi connectivity index (χ0) is 21.1. The second-order valence-electron chi connectivity index (χ2n) is 6.72. The molecule has 2 aromatic carbocycles. The van der Waals surface area contributed by atoms with Crippen LogP contribution in [0.4, 0.5) is 0 Å². The van der Waals surface area contributed by atoms with Gasteiger partial charge in [0.25, 0.3) is 0 Å². The molecule has 2 heterocycles. The number of carbonyl (C=O) groups is 1. The van der Waals surface area contributed by atoms with E-state index >= 15 is 0 Å². The zero-order valence-corrected chi connectivity index (χ0v) is 17.8. The van der Waals surface area contributed by atoms with Crippen LogP contribution in [0.5, 0.6) is 5.75 Å². The summed E-state index contributed by atoms with van der Waals surface area (Å²) in [5.74, 6) is 2.18. The van der Waals surface area contributed by atoms with Gasteiger partial charge in [0.15, 0.2) is 0 Å². The number of aromatic nitrogens is 1. The largest absolute Gasteiger partial charge is 0.497 e. The summed E-state index contributed by atoms with van der Waals surface area (Å²) in [4.78, 5) is 16.6. The van der Waals surface area contributed by atoms with Crippen molar-refractivity contribution in [3.63, 3.8) is 0 Å². The molecular weight excluding hydrogens is 398 g/mol. The number of esters is 1. The van der Waals surface area contributed by atoms with Crippen molar-refractivity contribution in [3.05, 3.63) is 77.7 Å². The Labute approximate surface area is 179 Å². The summed E-state index contributed by atoms with van der Waals surface area (Å²) >= 11 is 1.55. The molecule has 0 aliphatic rings. The van der Waals surface area contributed by atoms with E-state index in [1.165, 1.54) is 7.11 Å². The van der Waals surface area contributed by atoms with Crippen molar-refractivity contribution in [1.82, 2.24) is 4.98 Å². The topological polar surface area (TPSA) is 61.6 Å². The van der Waals surface area contributed by atoms with Crippen molar-refractivity contribution in [1.29, 1.82) is 0 Å². The number of aryl methyl sites for hydroxylation is 1. The number of thioether (sulfide) groups is 1.